The highest BCUT2D eigenvalue weighted by atomic mass is 32.2. The normalized spacial score (nSPS) is 14.9. The van der Waals surface area contributed by atoms with Crippen molar-refractivity contribution in [3.05, 3.63) is 65.7 Å². The number of nitrogens with one attached hydrogen (secondary N) is 2. The average molecular weight is 382 g/mol. The Morgan fingerprint density at radius 2 is 2.08 bits per heavy atom. The van der Waals surface area contributed by atoms with Gasteiger partial charge in [0.2, 0.25) is 0 Å². The minimum atomic E-state index is 0.591. The first-order valence-corrected chi connectivity index (χ1v) is 9.71. The Morgan fingerprint density at radius 1 is 1.23 bits per heavy atom. The number of hydrazone groups is 1. The second-order valence-corrected chi connectivity index (χ2v) is 7.11. The molecule has 0 saturated carbocycles. The second kappa shape index (κ2) is 9.22. The SMILES string of the molecule is N#Cc1cccc(NC(=S)N2CCS/C2=N/NCCc2ccccc2)c1. The van der Waals surface area contributed by atoms with E-state index in [1.165, 1.54) is 5.56 Å². The zero-order valence-electron chi connectivity index (χ0n) is 14.2. The largest absolute Gasteiger partial charge is 0.332 e. The molecule has 1 aliphatic rings. The molecule has 0 aromatic heterocycles. The van der Waals surface area contributed by atoms with Gasteiger partial charge in [0, 0.05) is 24.5 Å². The van der Waals surface area contributed by atoms with Gasteiger partial charge in [0.25, 0.3) is 0 Å². The summed E-state index contributed by atoms with van der Waals surface area (Å²) in [5, 5.41) is 18.1. The first-order chi connectivity index (χ1) is 12.8. The van der Waals surface area contributed by atoms with Crippen LogP contribution in [0.25, 0.3) is 0 Å². The minimum Gasteiger partial charge on any atom is -0.332 e. The van der Waals surface area contributed by atoms with Crippen molar-refractivity contribution in [2.45, 2.75) is 6.42 Å². The van der Waals surface area contributed by atoms with Gasteiger partial charge in [-0.05, 0) is 42.4 Å². The smallest absolute Gasteiger partial charge is 0.189 e. The van der Waals surface area contributed by atoms with Crippen molar-refractivity contribution >= 4 is 39.9 Å². The van der Waals surface area contributed by atoms with Crippen LogP contribution < -0.4 is 10.7 Å². The minimum absolute atomic E-state index is 0.591. The monoisotopic (exact) mass is 381 g/mol. The zero-order chi connectivity index (χ0) is 18.2. The van der Waals surface area contributed by atoms with E-state index in [1.54, 1.807) is 23.9 Å². The Kier molecular flexibility index (Phi) is 6.47. The highest BCUT2D eigenvalue weighted by molar-refractivity contribution is 8.14. The summed E-state index contributed by atoms with van der Waals surface area (Å²) in [4.78, 5) is 1.98. The molecular formula is C19H19N5S2. The lowest BCUT2D eigenvalue weighted by atomic mass is 10.2. The molecule has 1 aliphatic heterocycles. The molecule has 0 radical (unpaired) electrons. The van der Waals surface area contributed by atoms with E-state index in [1.807, 2.05) is 35.2 Å². The van der Waals surface area contributed by atoms with Crippen LogP contribution in [0.2, 0.25) is 0 Å². The Labute approximate surface area is 163 Å². The van der Waals surface area contributed by atoms with Gasteiger partial charge < -0.3 is 10.7 Å². The predicted molar refractivity (Wildman–Crippen MR) is 112 cm³/mol. The van der Waals surface area contributed by atoms with Crippen molar-refractivity contribution in [3.63, 3.8) is 0 Å². The Morgan fingerprint density at radius 3 is 2.88 bits per heavy atom. The first-order valence-electron chi connectivity index (χ1n) is 8.32. The maximum atomic E-state index is 9.00. The lowest BCUT2D eigenvalue weighted by Gasteiger charge is -2.20. The summed E-state index contributed by atoms with van der Waals surface area (Å²) in [6, 6.07) is 19.7. The van der Waals surface area contributed by atoms with E-state index in [4.69, 9.17) is 17.5 Å². The van der Waals surface area contributed by atoms with Crippen molar-refractivity contribution in [1.29, 1.82) is 5.26 Å². The second-order valence-electron chi connectivity index (χ2n) is 5.66. The molecule has 2 aromatic rings. The van der Waals surface area contributed by atoms with E-state index >= 15 is 0 Å². The van der Waals surface area contributed by atoms with Gasteiger partial charge in [0.1, 0.15) is 0 Å². The molecule has 2 aromatic carbocycles. The van der Waals surface area contributed by atoms with E-state index in [9.17, 15) is 0 Å². The van der Waals surface area contributed by atoms with E-state index in [2.05, 4.69) is 34.0 Å². The molecule has 1 fully saturated rings. The van der Waals surface area contributed by atoms with E-state index < -0.39 is 0 Å². The third-order valence-corrected chi connectivity index (χ3v) is 5.09. The fourth-order valence-electron chi connectivity index (χ4n) is 2.51. The molecule has 1 saturated heterocycles. The van der Waals surface area contributed by atoms with Gasteiger partial charge in [0.15, 0.2) is 10.3 Å². The van der Waals surface area contributed by atoms with Gasteiger partial charge in [-0.2, -0.15) is 10.4 Å². The van der Waals surface area contributed by atoms with Gasteiger partial charge in [-0.25, -0.2) is 0 Å². The number of thiocarbonyl (C=S) groups is 1. The van der Waals surface area contributed by atoms with E-state index in [-0.39, 0.29) is 0 Å². The highest BCUT2D eigenvalue weighted by Gasteiger charge is 2.23. The quantitative estimate of drug-likeness (QED) is 0.470. The Hall–Kier alpha value is -2.56. The van der Waals surface area contributed by atoms with Crippen LogP contribution in [-0.4, -0.2) is 34.0 Å². The fraction of sp³-hybridized carbons (Fsp3) is 0.211. The number of benzene rings is 2. The summed E-state index contributed by atoms with van der Waals surface area (Å²) in [6.45, 7) is 1.58. The van der Waals surface area contributed by atoms with Crippen LogP contribution in [0.15, 0.2) is 59.7 Å². The number of rotatable bonds is 5. The third-order valence-electron chi connectivity index (χ3n) is 3.81. The number of anilines is 1. The molecule has 0 spiro atoms. The van der Waals surface area contributed by atoms with Crippen LogP contribution in [0.1, 0.15) is 11.1 Å². The molecule has 0 amide bonds. The van der Waals surface area contributed by atoms with Crippen LogP contribution in [0, 0.1) is 11.3 Å². The van der Waals surface area contributed by atoms with Gasteiger partial charge in [-0.15, -0.1) is 0 Å². The number of nitriles is 1. The van der Waals surface area contributed by atoms with E-state index in [0.717, 1.165) is 36.1 Å². The topological polar surface area (TPSA) is 63.5 Å². The Balaban J connectivity index is 1.55. The molecule has 5 nitrogen and oxygen atoms in total. The Bertz CT molecular complexity index is 829. The molecule has 132 valence electrons. The van der Waals surface area contributed by atoms with Crippen molar-refractivity contribution in [2.75, 3.05) is 24.2 Å². The number of hydrogen-bond acceptors (Lipinski definition) is 5. The number of hydrogen-bond donors (Lipinski definition) is 2. The van der Waals surface area contributed by atoms with Crippen molar-refractivity contribution < 1.29 is 0 Å². The van der Waals surface area contributed by atoms with Crippen molar-refractivity contribution in [1.82, 2.24) is 10.3 Å². The number of amidine groups is 1. The maximum absolute atomic E-state index is 9.00. The summed E-state index contributed by atoms with van der Waals surface area (Å²) in [7, 11) is 0. The molecule has 7 heteroatoms. The zero-order valence-corrected chi connectivity index (χ0v) is 15.8. The molecule has 3 rings (SSSR count). The van der Waals surface area contributed by atoms with Crippen molar-refractivity contribution in [3.8, 4) is 6.07 Å². The lowest BCUT2D eigenvalue weighted by molar-refractivity contribution is 0.659. The standard InChI is InChI=1S/C19H19N5S2/c20-14-16-7-4-8-17(13-16)22-18(25)24-11-12-26-19(24)23-21-10-9-15-5-2-1-3-6-15/h1-8,13,21H,9-12H2,(H,22,25)/b23-19+. The fourth-order valence-corrected chi connectivity index (χ4v) is 3.79. The summed E-state index contributed by atoms with van der Waals surface area (Å²) in [6.07, 6.45) is 0.923. The summed E-state index contributed by atoms with van der Waals surface area (Å²) < 4.78 is 0. The lowest BCUT2D eigenvalue weighted by Crippen LogP contribution is -2.36. The molecule has 2 N–H and O–H groups in total. The van der Waals surface area contributed by atoms with Crippen LogP contribution >= 0.6 is 24.0 Å². The van der Waals surface area contributed by atoms with Gasteiger partial charge in [-0.3, -0.25) is 4.90 Å². The molecular weight excluding hydrogens is 362 g/mol. The van der Waals surface area contributed by atoms with Gasteiger partial charge >= 0.3 is 0 Å². The molecule has 26 heavy (non-hydrogen) atoms. The van der Waals surface area contributed by atoms with Crippen LogP contribution in [0.5, 0.6) is 0 Å². The molecule has 0 aliphatic carbocycles. The molecule has 0 bridgehead atoms. The summed E-state index contributed by atoms with van der Waals surface area (Å²) >= 11 is 7.19. The van der Waals surface area contributed by atoms with Crippen molar-refractivity contribution in [2.24, 2.45) is 5.10 Å². The third kappa shape index (κ3) is 4.97. The number of thioether (sulfide) groups is 1. The molecule has 1 heterocycles. The summed E-state index contributed by atoms with van der Waals surface area (Å²) in [5.41, 5.74) is 5.83. The van der Waals surface area contributed by atoms with E-state index in [0.29, 0.717) is 10.7 Å². The average Bonchev–Trinajstić information content (AvgIpc) is 3.15. The van der Waals surface area contributed by atoms with Crippen LogP contribution in [0.3, 0.4) is 0 Å². The summed E-state index contributed by atoms with van der Waals surface area (Å²) in [5.74, 6) is 0.944. The predicted octanol–water partition coefficient (Wildman–Crippen LogP) is 3.41. The highest BCUT2D eigenvalue weighted by Crippen LogP contribution is 2.19. The van der Waals surface area contributed by atoms with Gasteiger partial charge in [0.05, 0.1) is 11.6 Å². The maximum Gasteiger partial charge on any atom is 0.189 e. The van der Waals surface area contributed by atoms with Crippen LogP contribution in [-0.2, 0) is 6.42 Å². The first kappa shape index (κ1) is 18.2. The van der Waals surface area contributed by atoms with Gasteiger partial charge in [-0.1, -0.05) is 48.2 Å². The number of nitrogens with zero attached hydrogens (tertiary/aromatic N) is 3. The molecule has 0 unspecified atom stereocenters. The molecule has 0 atom stereocenters. The van der Waals surface area contributed by atoms with Crippen LogP contribution in [0.4, 0.5) is 5.69 Å².